The van der Waals surface area contributed by atoms with Gasteiger partial charge in [0.25, 0.3) is 11.8 Å². The largest absolute Gasteiger partial charge is 0.337 e. The Morgan fingerprint density at radius 2 is 1.75 bits per heavy atom. The van der Waals surface area contributed by atoms with Crippen molar-refractivity contribution in [2.24, 2.45) is 5.92 Å². The highest BCUT2D eigenvalue weighted by Crippen LogP contribution is 2.13. The Hall–Kier alpha value is -3.14. The highest BCUT2D eigenvalue weighted by molar-refractivity contribution is 6.30. The fourth-order valence-corrected chi connectivity index (χ4v) is 1.91. The molecular weight excluding hydrogens is 342 g/mol. The van der Waals surface area contributed by atoms with Gasteiger partial charge in [-0.1, -0.05) is 11.6 Å². The van der Waals surface area contributed by atoms with Crippen LogP contribution in [0, 0.1) is 5.92 Å². The second-order valence-electron chi connectivity index (χ2n) is 4.70. The molecule has 7 amide bonds. The lowest BCUT2D eigenvalue weighted by Crippen LogP contribution is -2.61. The summed E-state index contributed by atoms with van der Waals surface area (Å²) in [4.78, 5) is 58.7. The van der Waals surface area contributed by atoms with Crippen LogP contribution < -0.4 is 21.5 Å². The Labute approximate surface area is 140 Å². The molecule has 1 fully saturated rings. The van der Waals surface area contributed by atoms with Crippen LogP contribution in [0.25, 0.3) is 0 Å². The molecule has 0 aliphatic carbocycles. The summed E-state index contributed by atoms with van der Waals surface area (Å²) in [6, 6.07) is 4.42. The SMILES string of the molecule is CN1C(=O)NC(=O)C(C(=O)NNC(=O)Nc2ccc(Cl)cc2)C1=O. The summed E-state index contributed by atoms with van der Waals surface area (Å²) in [6.45, 7) is 0. The maximum absolute atomic E-state index is 11.9. The van der Waals surface area contributed by atoms with Crippen LogP contribution in [0.5, 0.6) is 0 Å². The lowest BCUT2D eigenvalue weighted by molar-refractivity contribution is -0.147. The van der Waals surface area contributed by atoms with Gasteiger partial charge in [0.2, 0.25) is 5.91 Å². The minimum Gasteiger partial charge on any atom is -0.307 e. The number of amides is 7. The third-order valence-electron chi connectivity index (χ3n) is 3.04. The summed E-state index contributed by atoms with van der Waals surface area (Å²) in [6.07, 6.45) is 0. The zero-order valence-electron chi connectivity index (χ0n) is 12.3. The van der Waals surface area contributed by atoms with Crippen LogP contribution in [0.2, 0.25) is 5.02 Å². The normalized spacial score (nSPS) is 17.2. The van der Waals surface area contributed by atoms with E-state index < -0.39 is 35.7 Å². The molecule has 1 aromatic rings. The number of carbonyl (C=O) groups is 5. The van der Waals surface area contributed by atoms with Crippen LogP contribution in [0.3, 0.4) is 0 Å². The fourth-order valence-electron chi connectivity index (χ4n) is 1.78. The van der Waals surface area contributed by atoms with Crippen molar-refractivity contribution in [1.29, 1.82) is 0 Å². The zero-order valence-corrected chi connectivity index (χ0v) is 13.0. The molecule has 10 nitrogen and oxygen atoms in total. The molecular formula is C13H12ClN5O5. The Bertz CT molecular complexity index is 720. The van der Waals surface area contributed by atoms with E-state index in [4.69, 9.17) is 11.6 Å². The Kier molecular flexibility index (Phi) is 4.99. The van der Waals surface area contributed by atoms with Crippen molar-refractivity contribution in [2.45, 2.75) is 0 Å². The molecule has 1 heterocycles. The van der Waals surface area contributed by atoms with E-state index in [-0.39, 0.29) is 0 Å². The van der Waals surface area contributed by atoms with Gasteiger partial charge in [0, 0.05) is 17.8 Å². The van der Waals surface area contributed by atoms with Crippen LogP contribution in [0.4, 0.5) is 15.3 Å². The van der Waals surface area contributed by atoms with Crippen LogP contribution >= 0.6 is 11.6 Å². The number of halogens is 1. The summed E-state index contributed by atoms with van der Waals surface area (Å²) < 4.78 is 0. The molecule has 1 aliphatic rings. The van der Waals surface area contributed by atoms with Crippen LogP contribution in [-0.4, -0.2) is 41.7 Å². The molecule has 126 valence electrons. The Morgan fingerprint density at radius 1 is 1.12 bits per heavy atom. The molecule has 0 radical (unpaired) electrons. The molecule has 24 heavy (non-hydrogen) atoms. The summed E-state index contributed by atoms with van der Waals surface area (Å²) in [5.74, 6) is -4.92. The second kappa shape index (κ2) is 6.96. The highest BCUT2D eigenvalue weighted by Gasteiger charge is 2.43. The number of nitrogens with one attached hydrogen (secondary N) is 4. The third kappa shape index (κ3) is 3.79. The van der Waals surface area contributed by atoms with Crippen LogP contribution in [0.15, 0.2) is 24.3 Å². The number of benzene rings is 1. The predicted molar refractivity (Wildman–Crippen MR) is 81.5 cm³/mol. The first-order valence-electron chi connectivity index (χ1n) is 6.54. The van der Waals surface area contributed by atoms with Crippen LogP contribution in [-0.2, 0) is 14.4 Å². The minimum absolute atomic E-state index is 0.406. The summed E-state index contributed by atoms with van der Waals surface area (Å²) in [5.41, 5.74) is 4.33. The molecule has 1 saturated heterocycles. The summed E-state index contributed by atoms with van der Waals surface area (Å²) in [7, 11) is 1.12. The van der Waals surface area contributed by atoms with E-state index in [0.717, 1.165) is 7.05 Å². The highest BCUT2D eigenvalue weighted by atomic mass is 35.5. The maximum Gasteiger partial charge on any atom is 0.337 e. The number of anilines is 1. The molecule has 1 unspecified atom stereocenters. The van der Waals surface area contributed by atoms with Gasteiger partial charge < -0.3 is 5.32 Å². The zero-order chi connectivity index (χ0) is 17.9. The first-order chi connectivity index (χ1) is 11.3. The molecule has 0 aromatic heterocycles. The van der Waals surface area contributed by atoms with Crippen LogP contribution in [0.1, 0.15) is 0 Å². The van der Waals surface area contributed by atoms with Crippen molar-refractivity contribution in [3.05, 3.63) is 29.3 Å². The number of hydrogen-bond acceptors (Lipinski definition) is 5. The van der Waals surface area contributed by atoms with E-state index >= 15 is 0 Å². The van der Waals surface area contributed by atoms with E-state index in [2.05, 4.69) is 5.32 Å². The van der Waals surface area contributed by atoms with E-state index in [1.165, 1.54) is 12.1 Å². The topological polar surface area (TPSA) is 137 Å². The van der Waals surface area contributed by atoms with Gasteiger partial charge in [-0.3, -0.25) is 30.0 Å². The number of urea groups is 2. The van der Waals surface area contributed by atoms with Crippen molar-refractivity contribution in [2.75, 3.05) is 12.4 Å². The number of barbiturate groups is 1. The van der Waals surface area contributed by atoms with Gasteiger partial charge in [-0.15, -0.1) is 0 Å². The first kappa shape index (κ1) is 17.2. The predicted octanol–water partition coefficient (Wildman–Crippen LogP) is -0.183. The number of hydrogen-bond donors (Lipinski definition) is 4. The number of hydrazine groups is 1. The minimum atomic E-state index is -1.77. The first-order valence-corrected chi connectivity index (χ1v) is 6.92. The molecule has 1 atom stereocenters. The molecule has 1 aromatic carbocycles. The van der Waals surface area contributed by atoms with Gasteiger partial charge in [0.05, 0.1) is 0 Å². The standard InChI is InChI=1S/C13H12ClN5O5/c1-19-11(22)8(9(20)16-13(19)24)10(21)17-18-12(23)15-7-4-2-6(14)3-5-7/h2-5,8H,1H3,(H,17,21)(H2,15,18,23)(H,16,20,24). The molecule has 0 saturated carbocycles. The van der Waals surface area contributed by atoms with Gasteiger partial charge in [-0.2, -0.15) is 0 Å². The average Bonchev–Trinajstić information content (AvgIpc) is 2.53. The lowest BCUT2D eigenvalue weighted by Gasteiger charge is -2.26. The number of imide groups is 2. The summed E-state index contributed by atoms with van der Waals surface area (Å²) in [5, 5.41) is 4.72. The fraction of sp³-hybridized carbons (Fsp3) is 0.154. The molecule has 4 N–H and O–H groups in total. The Balaban J connectivity index is 1.91. The van der Waals surface area contributed by atoms with E-state index in [9.17, 15) is 24.0 Å². The number of rotatable bonds is 2. The summed E-state index contributed by atoms with van der Waals surface area (Å²) >= 11 is 5.70. The number of nitrogens with zero attached hydrogens (tertiary/aromatic N) is 1. The Morgan fingerprint density at radius 3 is 2.38 bits per heavy atom. The van der Waals surface area contributed by atoms with E-state index in [1.807, 2.05) is 16.2 Å². The monoisotopic (exact) mass is 353 g/mol. The third-order valence-corrected chi connectivity index (χ3v) is 3.29. The van der Waals surface area contributed by atoms with Crippen molar-refractivity contribution in [1.82, 2.24) is 21.1 Å². The van der Waals surface area contributed by atoms with Crippen molar-refractivity contribution >= 4 is 47.1 Å². The molecule has 2 rings (SSSR count). The van der Waals surface area contributed by atoms with Gasteiger partial charge in [-0.25, -0.2) is 15.0 Å². The lowest BCUT2D eigenvalue weighted by atomic mass is 10.1. The average molecular weight is 354 g/mol. The molecule has 1 aliphatic heterocycles. The van der Waals surface area contributed by atoms with Crippen molar-refractivity contribution in [3.8, 4) is 0 Å². The smallest absolute Gasteiger partial charge is 0.307 e. The van der Waals surface area contributed by atoms with Gasteiger partial charge in [-0.05, 0) is 24.3 Å². The maximum atomic E-state index is 11.9. The molecule has 11 heteroatoms. The van der Waals surface area contributed by atoms with Crippen molar-refractivity contribution < 1.29 is 24.0 Å². The van der Waals surface area contributed by atoms with Gasteiger partial charge in [0.15, 0.2) is 5.92 Å². The molecule has 0 bridgehead atoms. The number of carbonyl (C=O) groups excluding carboxylic acids is 5. The van der Waals surface area contributed by atoms with Crippen molar-refractivity contribution in [3.63, 3.8) is 0 Å². The van der Waals surface area contributed by atoms with E-state index in [1.54, 1.807) is 12.1 Å². The second-order valence-corrected chi connectivity index (χ2v) is 5.14. The van der Waals surface area contributed by atoms with Gasteiger partial charge >= 0.3 is 12.1 Å². The quantitative estimate of drug-likeness (QED) is 0.431. The molecule has 0 spiro atoms. The van der Waals surface area contributed by atoms with Gasteiger partial charge in [0.1, 0.15) is 0 Å². The van der Waals surface area contributed by atoms with E-state index in [0.29, 0.717) is 15.6 Å².